The lowest BCUT2D eigenvalue weighted by Gasteiger charge is -2.22. The van der Waals surface area contributed by atoms with E-state index in [4.69, 9.17) is 23.2 Å². The highest BCUT2D eigenvalue weighted by atomic mass is 35.5. The molecule has 2 aliphatic rings. The highest BCUT2D eigenvalue weighted by Crippen LogP contribution is 2.36. The molecule has 0 bridgehead atoms. The van der Waals surface area contributed by atoms with Gasteiger partial charge in [-0.15, -0.1) is 12.4 Å². The molecule has 0 saturated carbocycles. The average Bonchev–Trinajstić information content (AvgIpc) is 2.96. The van der Waals surface area contributed by atoms with Gasteiger partial charge in [-0.25, -0.2) is 0 Å². The van der Waals surface area contributed by atoms with Crippen molar-refractivity contribution in [2.45, 2.75) is 19.4 Å². The van der Waals surface area contributed by atoms with E-state index < -0.39 is 0 Å². The average molecular weight is 322 g/mol. The quantitative estimate of drug-likeness (QED) is 0.895. The molecule has 2 nitrogen and oxygen atoms in total. The number of nitrogens with one attached hydrogen (secondary N) is 1. The molecule has 2 aliphatic heterocycles. The second-order valence-corrected chi connectivity index (χ2v) is 6.45. The van der Waals surface area contributed by atoms with Crippen LogP contribution in [0.15, 0.2) is 18.2 Å². The van der Waals surface area contributed by atoms with Crippen molar-refractivity contribution in [3.63, 3.8) is 0 Å². The molecule has 0 radical (unpaired) electrons. The van der Waals surface area contributed by atoms with Gasteiger partial charge in [-0.05, 0) is 49.0 Å². The van der Waals surface area contributed by atoms with Crippen LogP contribution in [-0.2, 0) is 6.54 Å². The molecule has 0 amide bonds. The number of rotatable bonds is 2. The van der Waals surface area contributed by atoms with Gasteiger partial charge in [0.2, 0.25) is 0 Å². The van der Waals surface area contributed by atoms with Crippen LogP contribution in [0.1, 0.15) is 18.4 Å². The molecule has 5 heteroatoms. The van der Waals surface area contributed by atoms with E-state index in [-0.39, 0.29) is 12.4 Å². The maximum atomic E-state index is 6.06. The zero-order chi connectivity index (χ0) is 12.6. The normalized spacial score (nSPS) is 26.8. The molecule has 2 saturated heterocycles. The van der Waals surface area contributed by atoms with E-state index in [2.05, 4.69) is 16.3 Å². The van der Waals surface area contributed by atoms with Gasteiger partial charge in [0.15, 0.2) is 0 Å². The molecule has 1 aromatic rings. The zero-order valence-electron chi connectivity index (χ0n) is 10.8. The maximum absolute atomic E-state index is 6.06. The fourth-order valence-electron chi connectivity index (χ4n) is 3.20. The molecule has 106 valence electrons. The first-order chi connectivity index (χ1) is 8.67. The van der Waals surface area contributed by atoms with Crippen LogP contribution in [0, 0.1) is 5.41 Å². The van der Waals surface area contributed by atoms with E-state index in [0.29, 0.717) is 15.5 Å². The SMILES string of the molecule is Cl.Clc1ccc(CN2CCC3(CCNC3)C2)cc1Cl. The van der Waals surface area contributed by atoms with E-state index in [1.165, 1.54) is 44.6 Å². The van der Waals surface area contributed by atoms with E-state index >= 15 is 0 Å². The Kier molecular flexibility index (Phi) is 5.02. The zero-order valence-corrected chi connectivity index (χ0v) is 13.1. The van der Waals surface area contributed by atoms with E-state index in [1.807, 2.05) is 12.1 Å². The molecule has 1 aromatic carbocycles. The highest BCUT2D eigenvalue weighted by molar-refractivity contribution is 6.42. The Labute approximate surface area is 130 Å². The van der Waals surface area contributed by atoms with Crippen LogP contribution in [0.25, 0.3) is 0 Å². The first-order valence-corrected chi connectivity index (χ1v) is 7.30. The lowest BCUT2D eigenvalue weighted by molar-refractivity contribution is 0.268. The van der Waals surface area contributed by atoms with E-state index in [1.54, 1.807) is 0 Å². The van der Waals surface area contributed by atoms with Crippen LogP contribution in [0.2, 0.25) is 10.0 Å². The minimum atomic E-state index is 0. The number of likely N-dealkylation sites (tertiary alicyclic amines) is 1. The molecule has 1 spiro atoms. The second-order valence-electron chi connectivity index (χ2n) is 5.64. The van der Waals surface area contributed by atoms with Crippen molar-refractivity contribution in [1.29, 1.82) is 0 Å². The Hall–Kier alpha value is 0.01000. The van der Waals surface area contributed by atoms with Crippen LogP contribution in [0.4, 0.5) is 0 Å². The Balaban J connectivity index is 0.00000133. The molecule has 0 aliphatic carbocycles. The molecule has 1 atom stereocenters. The van der Waals surface area contributed by atoms with E-state index in [9.17, 15) is 0 Å². The summed E-state index contributed by atoms with van der Waals surface area (Å²) >= 11 is 12.0. The summed E-state index contributed by atoms with van der Waals surface area (Å²) in [5.74, 6) is 0. The van der Waals surface area contributed by atoms with Crippen molar-refractivity contribution < 1.29 is 0 Å². The van der Waals surface area contributed by atoms with Crippen molar-refractivity contribution in [1.82, 2.24) is 10.2 Å². The molecule has 3 rings (SSSR count). The van der Waals surface area contributed by atoms with Crippen LogP contribution in [-0.4, -0.2) is 31.1 Å². The first-order valence-electron chi connectivity index (χ1n) is 6.54. The van der Waals surface area contributed by atoms with Gasteiger partial charge < -0.3 is 5.32 Å². The third-order valence-corrected chi connectivity index (χ3v) is 4.98. The predicted molar refractivity (Wildman–Crippen MR) is 83.5 cm³/mol. The Morgan fingerprint density at radius 2 is 2.05 bits per heavy atom. The fraction of sp³-hybridized carbons (Fsp3) is 0.571. The number of benzene rings is 1. The van der Waals surface area contributed by atoms with Gasteiger partial charge in [-0.2, -0.15) is 0 Å². The minimum Gasteiger partial charge on any atom is -0.316 e. The fourth-order valence-corrected chi connectivity index (χ4v) is 3.52. The van der Waals surface area contributed by atoms with Gasteiger partial charge in [-0.3, -0.25) is 4.90 Å². The molecule has 2 fully saturated rings. The van der Waals surface area contributed by atoms with Gasteiger partial charge in [0.25, 0.3) is 0 Å². The monoisotopic (exact) mass is 320 g/mol. The summed E-state index contributed by atoms with van der Waals surface area (Å²) in [7, 11) is 0. The minimum absolute atomic E-state index is 0. The Morgan fingerprint density at radius 3 is 2.74 bits per heavy atom. The number of halogens is 3. The Bertz CT molecular complexity index is 444. The number of hydrogen-bond acceptors (Lipinski definition) is 2. The molecule has 1 unspecified atom stereocenters. The molecule has 2 heterocycles. The molecule has 19 heavy (non-hydrogen) atoms. The largest absolute Gasteiger partial charge is 0.316 e. The predicted octanol–water partition coefficient (Wildman–Crippen LogP) is 3.60. The third-order valence-electron chi connectivity index (χ3n) is 4.24. The second kappa shape index (κ2) is 6.19. The van der Waals surface area contributed by atoms with Gasteiger partial charge >= 0.3 is 0 Å². The van der Waals surface area contributed by atoms with E-state index in [0.717, 1.165) is 6.54 Å². The molecular weight excluding hydrogens is 303 g/mol. The van der Waals surface area contributed by atoms with Crippen molar-refractivity contribution >= 4 is 35.6 Å². The summed E-state index contributed by atoms with van der Waals surface area (Å²) < 4.78 is 0. The summed E-state index contributed by atoms with van der Waals surface area (Å²) in [5.41, 5.74) is 1.79. The van der Waals surface area contributed by atoms with Crippen LogP contribution < -0.4 is 5.32 Å². The number of hydrogen-bond donors (Lipinski definition) is 1. The van der Waals surface area contributed by atoms with Crippen molar-refractivity contribution in [3.8, 4) is 0 Å². The van der Waals surface area contributed by atoms with Crippen molar-refractivity contribution in [3.05, 3.63) is 33.8 Å². The summed E-state index contributed by atoms with van der Waals surface area (Å²) in [6.07, 6.45) is 2.65. The van der Waals surface area contributed by atoms with Gasteiger partial charge in [-0.1, -0.05) is 29.3 Å². The lowest BCUT2D eigenvalue weighted by atomic mass is 9.87. The van der Waals surface area contributed by atoms with Crippen molar-refractivity contribution in [2.24, 2.45) is 5.41 Å². The standard InChI is InChI=1S/C14H18Cl2N2.ClH/c15-12-2-1-11(7-13(12)16)8-18-6-4-14(10-18)3-5-17-9-14;/h1-2,7,17H,3-6,8-10H2;1H. The van der Waals surface area contributed by atoms with Crippen LogP contribution in [0.3, 0.4) is 0 Å². The molecular formula is C14H19Cl3N2. The van der Waals surface area contributed by atoms with Gasteiger partial charge in [0.1, 0.15) is 0 Å². The van der Waals surface area contributed by atoms with Crippen LogP contribution in [0.5, 0.6) is 0 Å². The lowest BCUT2D eigenvalue weighted by Crippen LogP contribution is -2.28. The summed E-state index contributed by atoms with van der Waals surface area (Å²) in [6.45, 7) is 5.76. The summed E-state index contributed by atoms with van der Waals surface area (Å²) in [6, 6.07) is 5.95. The maximum Gasteiger partial charge on any atom is 0.0595 e. The van der Waals surface area contributed by atoms with Crippen LogP contribution >= 0.6 is 35.6 Å². The Morgan fingerprint density at radius 1 is 1.21 bits per heavy atom. The summed E-state index contributed by atoms with van der Waals surface area (Å²) in [5, 5.41) is 4.79. The first kappa shape index (κ1) is 15.4. The van der Waals surface area contributed by atoms with Gasteiger partial charge in [0, 0.05) is 19.6 Å². The summed E-state index contributed by atoms with van der Waals surface area (Å²) in [4.78, 5) is 2.53. The molecule has 1 N–H and O–H groups in total. The molecule has 0 aromatic heterocycles. The number of nitrogens with zero attached hydrogens (tertiary/aromatic N) is 1. The topological polar surface area (TPSA) is 15.3 Å². The van der Waals surface area contributed by atoms with Crippen molar-refractivity contribution in [2.75, 3.05) is 26.2 Å². The highest BCUT2D eigenvalue weighted by Gasteiger charge is 2.39. The smallest absolute Gasteiger partial charge is 0.0595 e. The van der Waals surface area contributed by atoms with Gasteiger partial charge in [0.05, 0.1) is 10.0 Å². The third kappa shape index (κ3) is 3.37.